The summed E-state index contributed by atoms with van der Waals surface area (Å²) >= 11 is 1.67. The first-order chi connectivity index (χ1) is 10.8. The SMILES string of the molecule is Fc1cccc2c(N3CCCCC3c3nccs3)ncnc12. The molecule has 1 fully saturated rings. The van der Waals surface area contributed by atoms with Gasteiger partial charge in [0.15, 0.2) is 0 Å². The number of benzene rings is 1. The van der Waals surface area contributed by atoms with Crippen LogP contribution in [0.15, 0.2) is 36.1 Å². The number of fused-ring (bicyclic) bond motifs is 1. The molecule has 0 saturated carbocycles. The van der Waals surface area contributed by atoms with Crippen LogP contribution in [0.4, 0.5) is 10.2 Å². The predicted octanol–water partition coefficient (Wildman–Crippen LogP) is 3.96. The minimum absolute atomic E-state index is 0.218. The summed E-state index contributed by atoms with van der Waals surface area (Å²) in [4.78, 5) is 15.3. The molecule has 0 aliphatic carbocycles. The van der Waals surface area contributed by atoms with Crippen LogP contribution in [0, 0.1) is 5.82 Å². The van der Waals surface area contributed by atoms with Gasteiger partial charge in [0.1, 0.15) is 28.5 Å². The van der Waals surface area contributed by atoms with Crippen LogP contribution < -0.4 is 4.90 Å². The second-order valence-corrected chi connectivity index (χ2v) is 6.33. The van der Waals surface area contributed by atoms with Crippen molar-refractivity contribution in [2.75, 3.05) is 11.4 Å². The van der Waals surface area contributed by atoms with Gasteiger partial charge in [-0.1, -0.05) is 6.07 Å². The zero-order valence-electron chi connectivity index (χ0n) is 11.9. The van der Waals surface area contributed by atoms with Gasteiger partial charge in [-0.2, -0.15) is 0 Å². The molecule has 0 amide bonds. The molecule has 2 aromatic heterocycles. The average molecular weight is 314 g/mol. The molecule has 1 aliphatic heterocycles. The second-order valence-electron chi connectivity index (χ2n) is 5.41. The van der Waals surface area contributed by atoms with Gasteiger partial charge in [-0.15, -0.1) is 11.3 Å². The minimum atomic E-state index is -0.302. The molecule has 1 aromatic carbocycles. The molecule has 0 spiro atoms. The molecule has 22 heavy (non-hydrogen) atoms. The Morgan fingerprint density at radius 1 is 1.18 bits per heavy atom. The number of hydrogen-bond donors (Lipinski definition) is 0. The standard InChI is InChI=1S/C16H15FN4S/c17-12-5-3-4-11-14(12)19-10-20-15(11)21-8-2-1-6-13(21)16-18-7-9-22-16/h3-5,7,9-10,13H,1-2,6,8H2. The first kappa shape index (κ1) is 13.6. The Kier molecular flexibility index (Phi) is 3.46. The third-order valence-corrected chi connectivity index (χ3v) is 4.98. The lowest BCUT2D eigenvalue weighted by atomic mass is 10.0. The largest absolute Gasteiger partial charge is 0.347 e. The van der Waals surface area contributed by atoms with Gasteiger partial charge < -0.3 is 4.90 Å². The van der Waals surface area contributed by atoms with Crippen molar-refractivity contribution in [1.82, 2.24) is 15.0 Å². The number of aromatic nitrogens is 3. The lowest BCUT2D eigenvalue weighted by molar-refractivity contribution is 0.469. The van der Waals surface area contributed by atoms with E-state index in [1.165, 1.54) is 18.8 Å². The van der Waals surface area contributed by atoms with E-state index in [9.17, 15) is 4.39 Å². The number of rotatable bonds is 2. The van der Waals surface area contributed by atoms with E-state index in [2.05, 4.69) is 19.9 Å². The molecule has 1 unspecified atom stereocenters. The van der Waals surface area contributed by atoms with E-state index in [1.807, 2.05) is 17.6 Å². The number of halogens is 1. The van der Waals surface area contributed by atoms with Gasteiger partial charge in [-0.05, 0) is 31.4 Å². The monoisotopic (exact) mass is 314 g/mol. The summed E-state index contributed by atoms with van der Waals surface area (Å²) in [5.41, 5.74) is 0.385. The van der Waals surface area contributed by atoms with Crippen LogP contribution >= 0.6 is 11.3 Å². The van der Waals surface area contributed by atoms with E-state index in [0.717, 1.165) is 35.6 Å². The zero-order valence-corrected chi connectivity index (χ0v) is 12.8. The molecule has 1 saturated heterocycles. The van der Waals surface area contributed by atoms with Crippen molar-refractivity contribution in [2.45, 2.75) is 25.3 Å². The van der Waals surface area contributed by atoms with Gasteiger partial charge in [0.2, 0.25) is 0 Å². The second kappa shape index (κ2) is 5.61. The highest BCUT2D eigenvalue weighted by Gasteiger charge is 2.28. The van der Waals surface area contributed by atoms with E-state index >= 15 is 0 Å². The number of hydrogen-bond acceptors (Lipinski definition) is 5. The van der Waals surface area contributed by atoms with E-state index in [4.69, 9.17) is 0 Å². The summed E-state index contributed by atoms with van der Waals surface area (Å²) in [6, 6.07) is 5.26. The summed E-state index contributed by atoms with van der Waals surface area (Å²) in [6.45, 7) is 0.910. The average Bonchev–Trinajstić information content (AvgIpc) is 3.09. The first-order valence-corrected chi connectivity index (χ1v) is 8.28. The van der Waals surface area contributed by atoms with Crippen molar-refractivity contribution in [2.24, 2.45) is 0 Å². The Morgan fingerprint density at radius 3 is 3.00 bits per heavy atom. The van der Waals surface area contributed by atoms with Crippen molar-refractivity contribution >= 4 is 28.1 Å². The van der Waals surface area contributed by atoms with Crippen molar-refractivity contribution in [1.29, 1.82) is 0 Å². The summed E-state index contributed by atoms with van der Waals surface area (Å²) in [5.74, 6) is 0.508. The Labute approximate surface area is 131 Å². The predicted molar refractivity (Wildman–Crippen MR) is 85.5 cm³/mol. The third kappa shape index (κ3) is 2.23. The van der Waals surface area contributed by atoms with E-state index in [1.54, 1.807) is 17.4 Å². The highest BCUT2D eigenvalue weighted by atomic mass is 32.1. The molecule has 112 valence electrons. The molecule has 1 aliphatic rings. The summed E-state index contributed by atoms with van der Waals surface area (Å²) in [6.07, 6.45) is 6.63. The lowest BCUT2D eigenvalue weighted by Crippen LogP contribution is -2.34. The van der Waals surface area contributed by atoms with Crippen LogP contribution in [-0.2, 0) is 0 Å². The van der Waals surface area contributed by atoms with Crippen molar-refractivity contribution < 1.29 is 4.39 Å². The topological polar surface area (TPSA) is 41.9 Å². The maximum absolute atomic E-state index is 14.0. The molecule has 3 heterocycles. The first-order valence-electron chi connectivity index (χ1n) is 7.40. The molecule has 0 N–H and O–H groups in total. The van der Waals surface area contributed by atoms with Gasteiger partial charge in [-0.25, -0.2) is 19.3 Å². The van der Waals surface area contributed by atoms with Gasteiger partial charge in [-0.3, -0.25) is 0 Å². The molecule has 6 heteroatoms. The Bertz CT molecular complexity index is 790. The fourth-order valence-corrected chi connectivity index (χ4v) is 3.89. The summed E-state index contributed by atoms with van der Waals surface area (Å²) < 4.78 is 14.0. The smallest absolute Gasteiger partial charge is 0.149 e. The van der Waals surface area contributed by atoms with Crippen molar-refractivity contribution in [3.63, 3.8) is 0 Å². The van der Waals surface area contributed by atoms with E-state index in [0.29, 0.717) is 5.52 Å². The van der Waals surface area contributed by atoms with Crippen molar-refractivity contribution in [3.8, 4) is 0 Å². The van der Waals surface area contributed by atoms with Gasteiger partial charge in [0.05, 0.1) is 6.04 Å². The summed E-state index contributed by atoms with van der Waals surface area (Å²) in [7, 11) is 0. The number of nitrogens with zero attached hydrogens (tertiary/aromatic N) is 4. The highest BCUT2D eigenvalue weighted by Crippen LogP contribution is 2.37. The van der Waals surface area contributed by atoms with Crippen LogP contribution in [0.25, 0.3) is 10.9 Å². The molecule has 4 rings (SSSR count). The van der Waals surface area contributed by atoms with Crippen LogP contribution in [-0.4, -0.2) is 21.5 Å². The lowest BCUT2D eigenvalue weighted by Gasteiger charge is -2.35. The fraction of sp³-hybridized carbons (Fsp3) is 0.312. The van der Waals surface area contributed by atoms with Crippen LogP contribution in [0.1, 0.15) is 30.3 Å². The molecule has 1 atom stereocenters. The Balaban J connectivity index is 1.84. The molecular weight excluding hydrogens is 299 g/mol. The van der Waals surface area contributed by atoms with Gasteiger partial charge >= 0.3 is 0 Å². The maximum Gasteiger partial charge on any atom is 0.149 e. The molecule has 3 aromatic rings. The van der Waals surface area contributed by atoms with Crippen LogP contribution in [0.5, 0.6) is 0 Å². The third-order valence-electron chi connectivity index (χ3n) is 4.11. The van der Waals surface area contributed by atoms with Crippen molar-refractivity contribution in [3.05, 3.63) is 46.9 Å². The van der Waals surface area contributed by atoms with Crippen LogP contribution in [0.3, 0.4) is 0 Å². The summed E-state index contributed by atoms with van der Waals surface area (Å²) in [5, 5.41) is 3.87. The Hall–Kier alpha value is -2.08. The zero-order chi connectivity index (χ0) is 14.9. The molecule has 0 radical (unpaired) electrons. The fourth-order valence-electron chi connectivity index (χ4n) is 3.11. The number of anilines is 1. The van der Waals surface area contributed by atoms with E-state index < -0.39 is 0 Å². The molecule has 4 nitrogen and oxygen atoms in total. The van der Waals surface area contributed by atoms with E-state index in [-0.39, 0.29) is 11.9 Å². The number of para-hydroxylation sites is 1. The highest BCUT2D eigenvalue weighted by molar-refractivity contribution is 7.09. The molecule has 0 bridgehead atoms. The maximum atomic E-state index is 14.0. The number of piperidine rings is 1. The Morgan fingerprint density at radius 2 is 2.14 bits per heavy atom. The normalized spacial score (nSPS) is 18.8. The number of thiazole rings is 1. The van der Waals surface area contributed by atoms with Crippen LogP contribution in [0.2, 0.25) is 0 Å². The quantitative estimate of drug-likeness (QED) is 0.718. The minimum Gasteiger partial charge on any atom is -0.347 e. The van der Waals surface area contributed by atoms with Gasteiger partial charge in [0.25, 0.3) is 0 Å². The van der Waals surface area contributed by atoms with Gasteiger partial charge in [0, 0.05) is 23.5 Å². The molecular formula is C16H15FN4S.